The Morgan fingerprint density at radius 1 is 1.30 bits per heavy atom. The lowest BCUT2D eigenvalue weighted by Gasteiger charge is -2.13. The standard InChI is InChI=1S/C15H15F3N4O/c16-15(17,18)10-2-1-3-12(8-10)22-7-5-13(20-22)14(23)21-6-4-11(19)9-21/h1-3,5,7-8,11H,4,6,9,19H2/t11-/m0/s1. The van der Waals surface area contributed by atoms with Crippen molar-refractivity contribution in [3.63, 3.8) is 0 Å². The van der Waals surface area contributed by atoms with Crippen LogP contribution in [0.25, 0.3) is 5.69 Å². The average molecular weight is 324 g/mol. The van der Waals surface area contributed by atoms with Gasteiger partial charge in [-0.25, -0.2) is 4.68 Å². The molecule has 2 heterocycles. The van der Waals surface area contributed by atoms with E-state index in [0.717, 1.165) is 18.6 Å². The summed E-state index contributed by atoms with van der Waals surface area (Å²) in [5.74, 6) is -0.260. The van der Waals surface area contributed by atoms with Crippen molar-refractivity contribution >= 4 is 5.91 Å². The summed E-state index contributed by atoms with van der Waals surface area (Å²) in [5.41, 5.74) is 5.45. The number of benzene rings is 1. The lowest BCUT2D eigenvalue weighted by Crippen LogP contribution is -2.32. The zero-order chi connectivity index (χ0) is 16.6. The van der Waals surface area contributed by atoms with Gasteiger partial charge in [0, 0.05) is 25.3 Å². The van der Waals surface area contributed by atoms with Crippen molar-refractivity contribution in [1.29, 1.82) is 0 Å². The van der Waals surface area contributed by atoms with E-state index in [9.17, 15) is 18.0 Å². The number of hydrogen-bond acceptors (Lipinski definition) is 3. The minimum absolute atomic E-state index is 0.0375. The van der Waals surface area contributed by atoms with Gasteiger partial charge in [-0.1, -0.05) is 6.07 Å². The highest BCUT2D eigenvalue weighted by molar-refractivity contribution is 5.92. The molecule has 1 saturated heterocycles. The summed E-state index contributed by atoms with van der Waals surface area (Å²) < 4.78 is 39.5. The van der Waals surface area contributed by atoms with Crippen molar-refractivity contribution in [2.24, 2.45) is 5.73 Å². The molecule has 1 aliphatic heterocycles. The first-order chi connectivity index (χ1) is 10.8. The fourth-order valence-electron chi connectivity index (χ4n) is 2.54. The number of carbonyl (C=O) groups excluding carboxylic acids is 1. The molecule has 23 heavy (non-hydrogen) atoms. The van der Waals surface area contributed by atoms with Gasteiger partial charge in [0.05, 0.1) is 11.3 Å². The van der Waals surface area contributed by atoms with Gasteiger partial charge in [0.2, 0.25) is 0 Å². The zero-order valence-electron chi connectivity index (χ0n) is 12.1. The maximum Gasteiger partial charge on any atom is 0.416 e. The third-order valence-electron chi connectivity index (χ3n) is 3.76. The lowest BCUT2D eigenvalue weighted by molar-refractivity contribution is -0.137. The Kier molecular flexibility index (Phi) is 3.85. The second-order valence-corrected chi connectivity index (χ2v) is 5.49. The number of nitrogens with zero attached hydrogens (tertiary/aromatic N) is 3. The highest BCUT2D eigenvalue weighted by Gasteiger charge is 2.31. The highest BCUT2D eigenvalue weighted by atomic mass is 19.4. The Bertz CT molecular complexity index is 726. The molecule has 0 radical (unpaired) electrons. The van der Waals surface area contributed by atoms with Crippen LogP contribution in [0.4, 0.5) is 13.2 Å². The van der Waals surface area contributed by atoms with E-state index >= 15 is 0 Å². The Morgan fingerprint density at radius 3 is 2.74 bits per heavy atom. The molecule has 1 aromatic carbocycles. The van der Waals surface area contributed by atoms with Crippen molar-refractivity contribution in [1.82, 2.24) is 14.7 Å². The molecule has 1 atom stereocenters. The topological polar surface area (TPSA) is 64.2 Å². The van der Waals surface area contributed by atoms with Gasteiger partial charge in [0.1, 0.15) is 0 Å². The lowest BCUT2D eigenvalue weighted by atomic mass is 10.2. The summed E-state index contributed by atoms with van der Waals surface area (Å²) in [6.07, 6.45) is -2.22. The van der Waals surface area contributed by atoms with Gasteiger partial charge in [-0.05, 0) is 30.7 Å². The van der Waals surface area contributed by atoms with Gasteiger partial charge in [-0.3, -0.25) is 4.79 Å². The van der Waals surface area contributed by atoms with Gasteiger partial charge in [0.25, 0.3) is 5.91 Å². The van der Waals surface area contributed by atoms with Gasteiger partial charge < -0.3 is 10.6 Å². The average Bonchev–Trinajstić information content (AvgIpc) is 3.15. The van der Waals surface area contributed by atoms with Crippen molar-refractivity contribution in [3.8, 4) is 5.69 Å². The van der Waals surface area contributed by atoms with E-state index in [0.29, 0.717) is 13.1 Å². The Balaban J connectivity index is 1.83. The summed E-state index contributed by atoms with van der Waals surface area (Å²) in [6.45, 7) is 1.03. The fourth-order valence-corrected chi connectivity index (χ4v) is 2.54. The summed E-state index contributed by atoms with van der Waals surface area (Å²) >= 11 is 0. The molecule has 2 N–H and O–H groups in total. The van der Waals surface area contributed by atoms with Crippen LogP contribution < -0.4 is 5.73 Å². The van der Waals surface area contributed by atoms with Gasteiger partial charge in [-0.2, -0.15) is 18.3 Å². The smallest absolute Gasteiger partial charge is 0.336 e. The SMILES string of the molecule is N[C@H]1CCN(C(=O)c2ccn(-c3cccc(C(F)(F)F)c3)n2)C1. The number of aromatic nitrogens is 2. The molecule has 1 fully saturated rings. The van der Waals surface area contributed by atoms with E-state index in [2.05, 4.69) is 5.10 Å². The van der Waals surface area contributed by atoms with Crippen LogP contribution in [-0.4, -0.2) is 39.7 Å². The molecule has 0 spiro atoms. The number of amides is 1. The van der Waals surface area contributed by atoms with E-state index in [-0.39, 0.29) is 23.3 Å². The number of nitrogens with two attached hydrogens (primary N) is 1. The van der Waals surface area contributed by atoms with Crippen LogP contribution in [-0.2, 0) is 6.18 Å². The Labute approximate surface area is 130 Å². The molecule has 0 bridgehead atoms. The molecule has 1 aromatic heterocycles. The third-order valence-corrected chi connectivity index (χ3v) is 3.76. The van der Waals surface area contributed by atoms with E-state index in [4.69, 9.17) is 5.73 Å². The predicted molar refractivity (Wildman–Crippen MR) is 77.1 cm³/mol. The van der Waals surface area contributed by atoms with Gasteiger partial charge in [0.15, 0.2) is 5.69 Å². The summed E-state index contributed by atoms with van der Waals surface area (Å²) in [7, 11) is 0. The fraction of sp³-hybridized carbons (Fsp3) is 0.333. The normalized spacial score (nSPS) is 18.4. The molecule has 122 valence electrons. The molecule has 8 heteroatoms. The number of halogens is 3. The molecule has 0 aliphatic carbocycles. The van der Waals surface area contributed by atoms with Crippen LogP contribution in [0.15, 0.2) is 36.5 Å². The van der Waals surface area contributed by atoms with E-state index in [1.807, 2.05) is 0 Å². The number of alkyl halides is 3. The van der Waals surface area contributed by atoms with Crippen molar-refractivity contribution < 1.29 is 18.0 Å². The first-order valence-electron chi connectivity index (χ1n) is 7.13. The molecule has 0 unspecified atom stereocenters. The molecule has 1 aliphatic rings. The van der Waals surface area contributed by atoms with Crippen LogP contribution in [0.3, 0.4) is 0 Å². The third kappa shape index (κ3) is 3.21. The van der Waals surface area contributed by atoms with Crippen LogP contribution in [0.1, 0.15) is 22.5 Å². The van der Waals surface area contributed by atoms with Crippen molar-refractivity contribution in [2.45, 2.75) is 18.6 Å². The minimum atomic E-state index is -4.42. The summed E-state index contributed by atoms with van der Waals surface area (Å²) in [5, 5.41) is 4.09. The molecule has 0 saturated carbocycles. The molecule has 1 amide bonds. The van der Waals surface area contributed by atoms with E-state index in [1.54, 1.807) is 4.90 Å². The maximum absolute atomic E-state index is 12.8. The predicted octanol–water partition coefficient (Wildman–Crippen LogP) is 2.06. The van der Waals surface area contributed by atoms with Crippen LogP contribution in [0.5, 0.6) is 0 Å². The molecular formula is C15H15F3N4O. The minimum Gasteiger partial charge on any atom is -0.336 e. The molecule has 2 aromatic rings. The number of likely N-dealkylation sites (tertiary alicyclic amines) is 1. The monoisotopic (exact) mass is 324 g/mol. The Morgan fingerprint density at radius 2 is 2.09 bits per heavy atom. The summed E-state index contributed by atoms with van der Waals surface area (Å²) in [6, 6.07) is 6.25. The largest absolute Gasteiger partial charge is 0.416 e. The molecule has 5 nitrogen and oxygen atoms in total. The first-order valence-corrected chi connectivity index (χ1v) is 7.13. The Hall–Kier alpha value is -2.35. The maximum atomic E-state index is 12.8. The van der Waals surface area contributed by atoms with Crippen LogP contribution >= 0.6 is 0 Å². The first kappa shape index (κ1) is 15.5. The van der Waals surface area contributed by atoms with Crippen molar-refractivity contribution in [3.05, 3.63) is 47.8 Å². The molecule has 3 rings (SSSR count). The van der Waals surface area contributed by atoms with Crippen molar-refractivity contribution in [2.75, 3.05) is 13.1 Å². The summed E-state index contributed by atoms with van der Waals surface area (Å²) in [4.78, 5) is 13.9. The quantitative estimate of drug-likeness (QED) is 0.920. The number of carbonyl (C=O) groups is 1. The number of hydrogen-bond donors (Lipinski definition) is 1. The zero-order valence-corrected chi connectivity index (χ0v) is 12.1. The highest BCUT2D eigenvalue weighted by Crippen LogP contribution is 2.30. The number of rotatable bonds is 2. The van der Waals surface area contributed by atoms with E-state index < -0.39 is 11.7 Å². The van der Waals surface area contributed by atoms with Crippen LogP contribution in [0.2, 0.25) is 0 Å². The second kappa shape index (κ2) is 5.69. The van der Waals surface area contributed by atoms with E-state index in [1.165, 1.54) is 29.1 Å². The van der Waals surface area contributed by atoms with Gasteiger partial charge in [-0.15, -0.1) is 0 Å². The van der Waals surface area contributed by atoms with Gasteiger partial charge >= 0.3 is 6.18 Å². The second-order valence-electron chi connectivity index (χ2n) is 5.49. The molecular weight excluding hydrogens is 309 g/mol. The van der Waals surface area contributed by atoms with Crippen LogP contribution in [0, 0.1) is 0 Å².